The van der Waals surface area contributed by atoms with E-state index < -0.39 is 0 Å². The SMILES string of the molecule is CCOc1ccc(-c2nc(-c3ccccc3)n(CC)c2C(=O)N[C@@H](C)c2ccccc2)cc1. The van der Waals surface area contributed by atoms with Gasteiger partial charge in [0.1, 0.15) is 23.0 Å². The fourth-order valence-electron chi connectivity index (χ4n) is 3.97. The summed E-state index contributed by atoms with van der Waals surface area (Å²) in [4.78, 5) is 18.6. The van der Waals surface area contributed by atoms with Crippen LogP contribution < -0.4 is 10.1 Å². The molecule has 5 heteroatoms. The maximum atomic E-state index is 13.6. The molecular weight excluding hydrogens is 410 g/mol. The number of hydrogen-bond donors (Lipinski definition) is 1. The molecule has 1 amide bonds. The molecule has 1 N–H and O–H groups in total. The number of ether oxygens (including phenoxy) is 1. The van der Waals surface area contributed by atoms with Crippen molar-refractivity contribution >= 4 is 5.91 Å². The Morgan fingerprint density at radius 3 is 2.15 bits per heavy atom. The number of carbonyl (C=O) groups is 1. The van der Waals surface area contributed by atoms with Crippen molar-refractivity contribution in [3.8, 4) is 28.4 Å². The summed E-state index contributed by atoms with van der Waals surface area (Å²) >= 11 is 0. The van der Waals surface area contributed by atoms with Crippen molar-refractivity contribution in [2.45, 2.75) is 33.4 Å². The van der Waals surface area contributed by atoms with E-state index in [-0.39, 0.29) is 11.9 Å². The Morgan fingerprint density at radius 2 is 1.55 bits per heavy atom. The van der Waals surface area contributed by atoms with E-state index in [1.54, 1.807) is 0 Å². The number of hydrogen-bond acceptors (Lipinski definition) is 3. The van der Waals surface area contributed by atoms with Crippen LogP contribution in [0.5, 0.6) is 5.75 Å². The van der Waals surface area contributed by atoms with E-state index in [4.69, 9.17) is 9.72 Å². The molecule has 1 atom stereocenters. The quantitative estimate of drug-likeness (QED) is 0.359. The molecule has 1 heterocycles. The van der Waals surface area contributed by atoms with Crippen LogP contribution in [0, 0.1) is 0 Å². The largest absolute Gasteiger partial charge is 0.494 e. The summed E-state index contributed by atoms with van der Waals surface area (Å²) in [5, 5.41) is 3.17. The zero-order valence-electron chi connectivity index (χ0n) is 19.3. The number of nitrogens with zero attached hydrogens (tertiary/aromatic N) is 2. The average Bonchev–Trinajstić information content (AvgIpc) is 3.25. The molecule has 0 aliphatic heterocycles. The summed E-state index contributed by atoms with van der Waals surface area (Å²) in [7, 11) is 0. The van der Waals surface area contributed by atoms with Crippen LogP contribution in [0.15, 0.2) is 84.9 Å². The van der Waals surface area contributed by atoms with Crippen LogP contribution in [-0.4, -0.2) is 22.1 Å². The van der Waals surface area contributed by atoms with Gasteiger partial charge in [0, 0.05) is 17.7 Å². The average molecular weight is 440 g/mol. The predicted molar refractivity (Wildman–Crippen MR) is 132 cm³/mol. The smallest absolute Gasteiger partial charge is 0.270 e. The maximum Gasteiger partial charge on any atom is 0.270 e. The van der Waals surface area contributed by atoms with Gasteiger partial charge in [-0.05, 0) is 50.6 Å². The first kappa shape index (κ1) is 22.3. The van der Waals surface area contributed by atoms with Crippen LogP contribution in [0.4, 0.5) is 0 Å². The lowest BCUT2D eigenvalue weighted by atomic mass is 10.1. The highest BCUT2D eigenvalue weighted by Gasteiger charge is 2.25. The van der Waals surface area contributed by atoms with Crippen LogP contribution in [0.2, 0.25) is 0 Å². The second-order valence-electron chi connectivity index (χ2n) is 7.81. The Hall–Kier alpha value is -3.86. The summed E-state index contributed by atoms with van der Waals surface area (Å²) in [5.41, 5.74) is 4.13. The Bertz CT molecular complexity index is 1200. The van der Waals surface area contributed by atoms with Crippen molar-refractivity contribution in [1.82, 2.24) is 14.9 Å². The number of rotatable bonds is 8. The minimum absolute atomic E-state index is 0.132. The molecule has 5 nitrogen and oxygen atoms in total. The van der Waals surface area contributed by atoms with Gasteiger partial charge in [-0.15, -0.1) is 0 Å². The molecule has 0 fully saturated rings. The van der Waals surface area contributed by atoms with E-state index in [9.17, 15) is 4.79 Å². The second kappa shape index (κ2) is 10.2. The van der Waals surface area contributed by atoms with Gasteiger partial charge in [-0.25, -0.2) is 4.98 Å². The number of aromatic nitrogens is 2. The van der Waals surface area contributed by atoms with Crippen molar-refractivity contribution in [2.24, 2.45) is 0 Å². The Morgan fingerprint density at radius 1 is 0.909 bits per heavy atom. The zero-order valence-corrected chi connectivity index (χ0v) is 19.3. The summed E-state index contributed by atoms with van der Waals surface area (Å²) in [6.07, 6.45) is 0. The molecule has 0 radical (unpaired) electrons. The van der Waals surface area contributed by atoms with Gasteiger partial charge in [-0.2, -0.15) is 0 Å². The third kappa shape index (κ3) is 4.82. The van der Waals surface area contributed by atoms with Gasteiger partial charge in [-0.3, -0.25) is 4.79 Å². The van der Waals surface area contributed by atoms with E-state index in [1.807, 2.05) is 110 Å². The Labute approximate surface area is 195 Å². The van der Waals surface area contributed by atoms with E-state index >= 15 is 0 Å². The predicted octanol–water partition coefficient (Wildman–Crippen LogP) is 6.13. The summed E-state index contributed by atoms with van der Waals surface area (Å²) < 4.78 is 7.58. The van der Waals surface area contributed by atoms with E-state index in [0.29, 0.717) is 24.5 Å². The van der Waals surface area contributed by atoms with Crippen molar-refractivity contribution < 1.29 is 9.53 Å². The topological polar surface area (TPSA) is 56.2 Å². The molecule has 33 heavy (non-hydrogen) atoms. The Kier molecular flexibility index (Phi) is 6.89. The van der Waals surface area contributed by atoms with Crippen LogP contribution >= 0.6 is 0 Å². The van der Waals surface area contributed by atoms with Gasteiger partial charge in [0.2, 0.25) is 0 Å². The highest BCUT2D eigenvalue weighted by molar-refractivity contribution is 5.99. The first-order chi connectivity index (χ1) is 16.1. The molecule has 4 aromatic rings. The minimum atomic E-state index is -0.147. The van der Waals surface area contributed by atoms with Gasteiger partial charge in [0.25, 0.3) is 5.91 Å². The van der Waals surface area contributed by atoms with E-state index in [0.717, 1.165) is 28.3 Å². The first-order valence-electron chi connectivity index (χ1n) is 11.4. The molecule has 4 rings (SSSR count). The lowest BCUT2D eigenvalue weighted by Crippen LogP contribution is -2.29. The molecule has 0 spiro atoms. The highest BCUT2D eigenvalue weighted by Crippen LogP contribution is 2.31. The standard InChI is InChI=1S/C28H29N3O2/c1-4-31-26(28(32)29-20(3)21-12-8-6-9-13-21)25(22-16-18-24(19-17-22)33-5-2)30-27(31)23-14-10-7-11-15-23/h6-20H,4-5H2,1-3H3,(H,29,32)/t20-/m0/s1. The zero-order chi connectivity index (χ0) is 23.2. The fourth-order valence-corrected chi connectivity index (χ4v) is 3.97. The molecular formula is C28H29N3O2. The van der Waals surface area contributed by atoms with Crippen LogP contribution in [-0.2, 0) is 6.54 Å². The molecule has 0 bridgehead atoms. The molecule has 0 aliphatic rings. The third-order valence-electron chi connectivity index (χ3n) is 5.62. The fraction of sp³-hybridized carbons (Fsp3) is 0.214. The summed E-state index contributed by atoms with van der Waals surface area (Å²) in [5.74, 6) is 1.43. The summed E-state index contributed by atoms with van der Waals surface area (Å²) in [6.45, 7) is 7.21. The van der Waals surface area contributed by atoms with E-state index in [1.165, 1.54) is 0 Å². The van der Waals surface area contributed by atoms with Crippen molar-refractivity contribution in [2.75, 3.05) is 6.61 Å². The van der Waals surface area contributed by atoms with Crippen molar-refractivity contribution in [3.63, 3.8) is 0 Å². The van der Waals surface area contributed by atoms with Crippen molar-refractivity contribution in [1.29, 1.82) is 0 Å². The second-order valence-corrected chi connectivity index (χ2v) is 7.81. The molecule has 1 aromatic heterocycles. The highest BCUT2D eigenvalue weighted by atomic mass is 16.5. The molecule has 0 aliphatic carbocycles. The van der Waals surface area contributed by atoms with Gasteiger partial charge < -0.3 is 14.6 Å². The number of imidazole rings is 1. The number of amides is 1. The number of benzene rings is 3. The molecule has 0 saturated heterocycles. The number of carbonyl (C=O) groups excluding carboxylic acids is 1. The number of nitrogens with one attached hydrogen (secondary N) is 1. The van der Waals surface area contributed by atoms with E-state index in [2.05, 4.69) is 5.32 Å². The minimum Gasteiger partial charge on any atom is -0.494 e. The first-order valence-corrected chi connectivity index (χ1v) is 11.4. The van der Waals surface area contributed by atoms with Crippen LogP contribution in [0.1, 0.15) is 42.9 Å². The van der Waals surface area contributed by atoms with Crippen LogP contribution in [0.3, 0.4) is 0 Å². The lowest BCUT2D eigenvalue weighted by molar-refractivity contribution is 0.0931. The Balaban J connectivity index is 1.79. The normalized spacial score (nSPS) is 11.7. The maximum absolute atomic E-state index is 13.6. The monoisotopic (exact) mass is 439 g/mol. The molecule has 168 valence electrons. The van der Waals surface area contributed by atoms with Crippen LogP contribution in [0.25, 0.3) is 22.6 Å². The third-order valence-corrected chi connectivity index (χ3v) is 5.62. The van der Waals surface area contributed by atoms with Crippen molar-refractivity contribution in [3.05, 3.63) is 96.2 Å². The van der Waals surface area contributed by atoms with Gasteiger partial charge in [0.15, 0.2) is 0 Å². The molecule has 0 saturated carbocycles. The van der Waals surface area contributed by atoms with Gasteiger partial charge in [-0.1, -0.05) is 60.7 Å². The lowest BCUT2D eigenvalue weighted by Gasteiger charge is -2.16. The summed E-state index contributed by atoms with van der Waals surface area (Å²) in [6, 6.07) is 27.6. The molecule has 0 unspecified atom stereocenters. The van der Waals surface area contributed by atoms with Gasteiger partial charge in [0.05, 0.1) is 12.6 Å². The molecule has 3 aromatic carbocycles. The van der Waals surface area contributed by atoms with Gasteiger partial charge >= 0.3 is 0 Å².